The Morgan fingerprint density at radius 2 is 1.96 bits per heavy atom. The van der Waals surface area contributed by atoms with Crippen molar-refractivity contribution in [2.45, 2.75) is 19.4 Å². The highest BCUT2D eigenvalue weighted by Crippen LogP contribution is 2.23. The van der Waals surface area contributed by atoms with Crippen LogP contribution in [0.5, 0.6) is 0 Å². The smallest absolute Gasteiger partial charge is 0.251 e. The van der Waals surface area contributed by atoms with Crippen molar-refractivity contribution in [3.63, 3.8) is 0 Å². The van der Waals surface area contributed by atoms with Crippen LogP contribution in [0.15, 0.2) is 48.5 Å². The molecule has 1 atom stereocenters. The van der Waals surface area contributed by atoms with Gasteiger partial charge >= 0.3 is 0 Å². The summed E-state index contributed by atoms with van der Waals surface area (Å²) in [5.74, 6) is -0.147. The van der Waals surface area contributed by atoms with Gasteiger partial charge in [0.2, 0.25) is 5.91 Å². The molecule has 2 aromatic carbocycles. The summed E-state index contributed by atoms with van der Waals surface area (Å²) in [5, 5.41) is 3.57. The lowest BCUT2D eigenvalue weighted by atomic mass is 10.1. The van der Waals surface area contributed by atoms with Crippen LogP contribution in [0.3, 0.4) is 0 Å². The Labute approximate surface area is 140 Å². The monoisotopic (exact) mass is 328 g/mol. The van der Waals surface area contributed by atoms with Crippen LogP contribution >= 0.6 is 11.6 Å². The van der Waals surface area contributed by atoms with Gasteiger partial charge < -0.3 is 10.2 Å². The molecule has 23 heavy (non-hydrogen) atoms. The number of benzene rings is 2. The molecule has 1 heterocycles. The van der Waals surface area contributed by atoms with Gasteiger partial charge in [-0.05, 0) is 43.3 Å². The van der Waals surface area contributed by atoms with E-state index in [0.29, 0.717) is 23.6 Å². The van der Waals surface area contributed by atoms with Gasteiger partial charge in [0, 0.05) is 29.2 Å². The lowest BCUT2D eigenvalue weighted by Crippen LogP contribution is -2.37. The minimum atomic E-state index is -0.189. The van der Waals surface area contributed by atoms with Crippen molar-refractivity contribution in [1.82, 2.24) is 5.32 Å². The van der Waals surface area contributed by atoms with Gasteiger partial charge in [-0.1, -0.05) is 29.3 Å². The maximum atomic E-state index is 12.3. The van der Waals surface area contributed by atoms with Crippen LogP contribution in [0, 0.1) is 6.92 Å². The molecular formula is C18H17ClN2O2. The summed E-state index contributed by atoms with van der Waals surface area (Å²) >= 11 is 5.87. The number of rotatable bonds is 3. The minimum absolute atomic E-state index is 0.00173. The second-order valence-corrected chi connectivity index (χ2v) is 6.16. The van der Waals surface area contributed by atoms with E-state index < -0.39 is 0 Å². The maximum Gasteiger partial charge on any atom is 0.251 e. The number of nitrogens with one attached hydrogen (secondary N) is 1. The van der Waals surface area contributed by atoms with E-state index in [2.05, 4.69) is 5.32 Å². The van der Waals surface area contributed by atoms with E-state index in [-0.39, 0.29) is 17.9 Å². The molecule has 1 N–H and O–H groups in total. The van der Waals surface area contributed by atoms with Crippen molar-refractivity contribution in [3.05, 3.63) is 64.7 Å². The molecule has 0 spiro atoms. The van der Waals surface area contributed by atoms with E-state index in [1.165, 1.54) is 0 Å². The third kappa shape index (κ3) is 3.54. The zero-order chi connectivity index (χ0) is 16.4. The molecular weight excluding hydrogens is 312 g/mol. The number of halogens is 1. The zero-order valence-electron chi connectivity index (χ0n) is 12.8. The van der Waals surface area contributed by atoms with Gasteiger partial charge in [0.05, 0.1) is 6.04 Å². The predicted molar refractivity (Wildman–Crippen MR) is 90.9 cm³/mol. The molecule has 4 nitrogen and oxygen atoms in total. The largest absolute Gasteiger partial charge is 0.347 e. The average molecular weight is 329 g/mol. The first kappa shape index (κ1) is 15.6. The highest BCUT2D eigenvalue weighted by atomic mass is 35.5. The summed E-state index contributed by atoms with van der Waals surface area (Å²) in [7, 11) is 0. The van der Waals surface area contributed by atoms with Gasteiger partial charge in [0.1, 0.15) is 0 Å². The van der Waals surface area contributed by atoms with E-state index in [0.717, 1.165) is 11.3 Å². The SMILES string of the molecule is Cc1cccc(C(=O)NC2CC(=O)N(c3ccc(Cl)cc3)C2)c1. The molecule has 1 unspecified atom stereocenters. The molecule has 2 aromatic rings. The number of carbonyl (C=O) groups excluding carboxylic acids is 2. The van der Waals surface area contributed by atoms with E-state index in [1.54, 1.807) is 23.1 Å². The molecule has 0 saturated carbocycles. The molecule has 1 aliphatic heterocycles. The number of nitrogens with zero attached hydrogens (tertiary/aromatic N) is 1. The first-order chi connectivity index (χ1) is 11.0. The van der Waals surface area contributed by atoms with E-state index in [4.69, 9.17) is 11.6 Å². The third-order valence-electron chi connectivity index (χ3n) is 3.88. The number of carbonyl (C=O) groups is 2. The second kappa shape index (κ2) is 6.42. The van der Waals surface area contributed by atoms with Crippen LogP contribution in [0.4, 0.5) is 5.69 Å². The molecule has 0 bridgehead atoms. The van der Waals surface area contributed by atoms with Crippen molar-refractivity contribution in [3.8, 4) is 0 Å². The zero-order valence-corrected chi connectivity index (χ0v) is 13.5. The molecule has 5 heteroatoms. The Morgan fingerprint density at radius 3 is 2.65 bits per heavy atom. The number of aryl methyl sites for hydroxylation is 1. The van der Waals surface area contributed by atoms with Crippen LogP contribution < -0.4 is 10.2 Å². The summed E-state index contributed by atoms with van der Waals surface area (Å²) in [6.07, 6.45) is 0.306. The van der Waals surface area contributed by atoms with Gasteiger partial charge in [0.25, 0.3) is 5.91 Å². The molecule has 0 aromatic heterocycles. The van der Waals surface area contributed by atoms with Crippen molar-refractivity contribution in [2.75, 3.05) is 11.4 Å². The van der Waals surface area contributed by atoms with Gasteiger partial charge in [-0.15, -0.1) is 0 Å². The topological polar surface area (TPSA) is 49.4 Å². The van der Waals surface area contributed by atoms with E-state index in [1.807, 2.05) is 37.3 Å². The molecule has 0 aliphatic carbocycles. The quantitative estimate of drug-likeness (QED) is 0.940. The highest BCUT2D eigenvalue weighted by Gasteiger charge is 2.31. The lowest BCUT2D eigenvalue weighted by Gasteiger charge is -2.17. The summed E-state index contributed by atoms with van der Waals surface area (Å²) in [4.78, 5) is 26.2. The van der Waals surface area contributed by atoms with Crippen LogP contribution in [0.25, 0.3) is 0 Å². The summed E-state index contributed by atoms with van der Waals surface area (Å²) < 4.78 is 0. The molecule has 2 amide bonds. The number of hydrogen-bond donors (Lipinski definition) is 1. The molecule has 1 fully saturated rings. The maximum absolute atomic E-state index is 12.3. The van der Waals surface area contributed by atoms with Crippen molar-refractivity contribution < 1.29 is 9.59 Å². The first-order valence-electron chi connectivity index (χ1n) is 7.46. The fraction of sp³-hybridized carbons (Fsp3) is 0.222. The van der Waals surface area contributed by atoms with Gasteiger partial charge in [0.15, 0.2) is 0 Å². The molecule has 118 valence electrons. The molecule has 0 radical (unpaired) electrons. The van der Waals surface area contributed by atoms with Crippen LogP contribution in [0.1, 0.15) is 22.3 Å². The van der Waals surface area contributed by atoms with Gasteiger partial charge in [-0.3, -0.25) is 9.59 Å². The third-order valence-corrected chi connectivity index (χ3v) is 4.13. The van der Waals surface area contributed by atoms with E-state index in [9.17, 15) is 9.59 Å². The number of amides is 2. The fourth-order valence-corrected chi connectivity index (χ4v) is 2.86. The van der Waals surface area contributed by atoms with Gasteiger partial charge in [-0.25, -0.2) is 0 Å². The van der Waals surface area contributed by atoms with Crippen LogP contribution in [0.2, 0.25) is 5.02 Å². The fourth-order valence-electron chi connectivity index (χ4n) is 2.73. The lowest BCUT2D eigenvalue weighted by molar-refractivity contribution is -0.117. The normalized spacial score (nSPS) is 17.4. The first-order valence-corrected chi connectivity index (χ1v) is 7.84. The van der Waals surface area contributed by atoms with E-state index >= 15 is 0 Å². The Hall–Kier alpha value is -2.33. The summed E-state index contributed by atoms with van der Waals surface area (Å²) in [6, 6.07) is 14.3. The molecule has 1 aliphatic rings. The highest BCUT2D eigenvalue weighted by molar-refractivity contribution is 6.30. The van der Waals surface area contributed by atoms with Crippen LogP contribution in [-0.2, 0) is 4.79 Å². The Balaban J connectivity index is 1.68. The van der Waals surface area contributed by atoms with Crippen molar-refractivity contribution in [2.24, 2.45) is 0 Å². The average Bonchev–Trinajstić information content (AvgIpc) is 2.88. The predicted octanol–water partition coefficient (Wildman–Crippen LogP) is 3.18. The summed E-state index contributed by atoms with van der Waals surface area (Å²) in [5.41, 5.74) is 2.44. The number of anilines is 1. The standard InChI is InChI=1S/C18H17ClN2O2/c1-12-3-2-4-13(9-12)18(23)20-15-10-17(22)21(11-15)16-7-5-14(19)6-8-16/h2-9,15H,10-11H2,1H3,(H,20,23). The summed E-state index contributed by atoms with van der Waals surface area (Å²) in [6.45, 7) is 2.41. The Bertz CT molecular complexity index is 743. The van der Waals surface area contributed by atoms with Crippen LogP contribution in [-0.4, -0.2) is 24.4 Å². The molecule has 3 rings (SSSR count). The molecule has 1 saturated heterocycles. The minimum Gasteiger partial charge on any atom is -0.347 e. The Kier molecular flexibility index (Phi) is 4.35. The second-order valence-electron chi connectivity index (χ2n) is 5.72. The van der Waals surface area contributed by atoms with Crippen molar-refractivity contribution in [1.29, 1.82) is 0 Å². The van der Waals surface area contributed by atoms with Crippen molar-refractivity contribution >= 4 is 29.1 Å². The van der Waals surface area contributed by atoms with Gasteiger partial charge in [-0.2, -0.15) is 0 Å². The Morgan fingerprint density at radius 1 is 1.22 bits per heavy atom. The number of hydrogen-bond acceptors (Lipinski definition) is 2.